The van der Waals surface area contributed by atoms with Gasteiger partial charge in [0, 0.05) is 12.6 Å². The minimum absolute atomic E-state index is 0.192. The molecule has 106 valence electrons. The SMILES string of the molecule is NCc1ccccc1CS(=O)(=O)c1ccc(F)cc1F. The number of benzene rings is 2. The molecule has 0 spiro atoms. The van der Waals surface area contributed by atoms with Crippen molar-refractivity contribution in [2.45, 2.75) is 17.2 Å². The largest absolute Gasteiger partial charge is 0.326 e. The highest BCUT2D eigenvalue weighted by Crippen LogP contribution is 2.22. The van der Waals surface area contributed by atoms with Crippen LogP contribution >= 0.6 is 0 Å². The quantitative estimate of drug-likeness (QED) is 0.882. The molecule has 2 rings (SSSR count). The molecule has 0 aliphatic heterocycles. The number of rotatable bonds is 4. The summed E-state index contributed by atoms with van der Waals surface area (Å²) in [4.78, 5) is -0.509. The zero-order valence-corrected chi connectivity index (χ0v) is 11.3. The van der Waals surface area contributed by atoms with E-state index in [4.69, 9.17) is 5.73 Å². The van der Waals surface area contributed by atoms with Crippen LogP contribution in [0.25, 0.3) is 0 Å². The fourth-order valence-electron chi connectivity index (χ4n) is 1.91. The molecule has 0 saturated heterocycles. The fraction of sp³-hybridized carbons (Fsp3) is 0.143. The summed E-state index contributed by atoms with van der Waals surface area (Å²) in [5, 5.41) is 0. The van der Waals surface area contributed by atoms with E-state index < -0.39 is 26.4 Å². The lowest BCUT2D eigenvalue weighted by atomic mass is 10.1. The molecule has 0 bridgehead atoms. The highest BCUT2D eigenvalue weighted by atomic mass is 32.2. The molecule has 0 amide bonds. The number of hydrogen-bond acceptors (Lipinski definition) is 3. The van der Waals surface area contributed by atoms with E-state index in [0.29, 0.717) is 17.2 Å². The van der Waals surface area contributed by atoms with Gasteiger partial charge in [-0.05, 0) is 23.3 Å². The van der Waals surface area contributed by atoms with Crippen LogP contribution in [-0.2, 0) is 22.1 Å². The molecular weight excluding hydrogens is 284 g/mol. The van der Waals surface area contributed by atoms with Gasteiger partial charge in [-0.1, -0.05) is 24.3 Å². The minimum Gasteiger partial charge on any atom is -0.326 e. The minimum atomic E-state index is -3.89. The Morgan fingerprint density at radius 2 is 1.65 bits per heavy atom. The van der Waals surface area contributed by atoms with Gasteiger partial charge in [0.25, 0.3) is 0 Å². The second-order valence-electron chi connectivity index (χ2n) is 4.31. The molecule has 0 aliphatic rings. The molecule has 0 radical (unpaired) electrons. The first-order chi connectivity index (χ1) is 9.44. The van der Waals surface area contributed by atoms with Crippen LogP contribution in [0.4, 0.5) is 8.78 Å². The summed E-state index contributed by atoms with van der Waals surface area (Å²) in [6.07, 6.45) is 0. The third kappa shape index (κ3) is 3.02. The van der Waals surface area contributed by atoms with Crippen LogP contribution in [0.15, 0.2) is 47.4 Å². The Labute approximate surface area is 116 Å². The molecule has 2 aromatic rings. The van der Waals surface area contributed by atoms with Gasteiger partial charge < -0.3 is 5.73 Å². The summed E-state index contributed by atoms with van der Waals surface area (Å²) in [6, 6.07) is 9.19. The molecule has 0 aromatic heterocycles. The highest BCUT2D eigenvalue weighted by molar-refractivity contribution is 7.90. The van der Waals surface area contributed by atoms with Crippen LogP contribution < -0.4 is 5.73 Å². The molecule has 2 aromatic carbocycles. The molecule has 0 unspecified atom stereocenters. The second-order valence-corrected chi connectivity index (χ2v) is 6.26. The van der Waals surface area contributed by atoms with Crippen LogP contribution in [0.3, 0.4) is 0 Å². The van der Waals surface area contributed by atoms with Crippen LogP contribution in [-0.4, -0.2) is 8.42 Å². The van der Waals surface area contributed by atoms with Gasteiger partial charge in [0.15, 0.2) is 9.84 Å². The van der Waals surface area contributed by atoms with Gasteiger partial charge in [0.2, 0.25) is 0 Å². The first-order valence-corrected chi connectivity index (χ1v) is 7.54. The van der Waals surface area contributed by atoms with Crippen molar-refractivity contribution in [3.05, 3.63) is 65.2 Å². The van der Waals surface area contributed by atoms with Crippen LogP contribution in [0.5, 0.6) is 0 Å². The summed E-state index contributed by atoms with van der Waals surface area (Å²) >= 11 is 0. The topological polar surface area (TPSA) is 60.2 Å². The molecule has 0 atom stereocenters. The Morgan fingerprint density at radius 1 is 1.00 bits per heavy atom. The van der Waals surface area contributed by atoms with Crippen molar-refractivity contribution in [3.8, 4) is 0 Å². The van der Waals surface area contributed by atoms with Crippen molar-refractivity contribution in [2.75, 3.05) is 0 Å². The van der Waals surface area contributed by atoms with E-state index in [1.807, 2.05) is 0 Å². The first-order valence-electron chi connectivity index (χ1n) is 5.88. The molecule has 6 heteroatoms. The van der Waals surface area contributed by atoms with E-state index in [-0.39, 0.29) is 12.3 Å². The lowest BCUT2D eigenvalue weighted by molar-refractivity contribution is 0.548. The lowest BCUT2D eigenvalue weighted by Gasteiger charge is -2.09. The van der Waals surface area contributed by atoms with Crippen LogP contribution in [0, 0.1) is 11.6 Å². The fourth-order valence-corrected chi connectivity index (χ4v) is 3.39. The van der Waals surface area contributed by atoms with Gasteiger partial charge in [-0.3, -0.25) is 0 Å². The zero-order valence-electron chi connectivity index (χ0n) is 10.5. The summed E-state index contributed by atoms with van der Waals surface area (Å²) in [7, 11) is -3.89. The van der Waals surface area contributed by atoms with E-state index in [2.05, 4.69) is 0 Å². The van der Waals surface area contributed by atoms with E-state index in [9.17, 15) is 17.2 Å². The average molecular weight is 297 g/mol. The maximum Gasteiger partial charge on any atom is 0.185 e. The number of hydrogen-bond donors (Lipinski definition) is 1. The standard InChI is InChI=1S/C14H13F2NO2S/c15-12-5-6-14(13(16)7-12)20(18,19)9-11-4-2-1-3-10(11)8-17/h1-7H,8-9,17H2. The number of halogens is 2. The third-order valence-electron chi connectivity index (χ3n) is 2.91. The monoisotopic (exact) mass is 297 g/mol. The number of sulfone groups is 1. The molecular formula is C14H13F2NO2S. The molecule has 0 aliphatic carbocycles. The van der Waals surface area contributed by atoms with Crippen LogP contribution in [0.1, 0.15) is 11.1 Å². The van der Waals surface area contributed by atoms with Crippen molar-refractivity contribution in [2.24, 2.45) is 5.73 Å². The maximum atomic E-state index is 13.6. The Morgan fingerprint density at radius 3 is 2.25 bits per heavy atom. The zero-order chi connectivity index (χ0) is 14.8. The average Bonchev–Trinajstić information content (AvgIpc) is 2.38. The maximum absolute atomic E-state index is 13.6. The van der Waals surface area contributed by atoms with Crippen molar-refractivity contribution in [3.63, 3.8) is 0 Å². The van der Waals surface area contributed by atoms with Gasteiger partial charge in [0.05, 0.1) is 5.75 Å². The Balaban J connectivity index is 2.41. The summed E-state index contributed by atoms with van der Waals surface area (Å²) < 4.78 is 50.8. The summed E-state index contributed by atoms with van der Waals surface area (Å²) in [5.41, 5.74) is 6.73. The van der Waals surface area contributed by atoms with Gasteiger partial charge in [-0.15, -0.1) is 0 Å². The van der Waals surface area contributed by atoms with Crippen molar-refractivity contribution >= 4 is 9.84 Å². The predicted octanol–water partition coefficient (Wildman–Crippen LogP) is 2.40. The Kier molecular flexibility index (Phi) is 4.15. The number of nitrogens with two attached hydrogens (primary N) is 1. The van der Waals surface area contributed by atoms with E-state index in [1.54, 1.807) is 24.3 Å². The summed E-state index contributed by atoms with van der Waals surface area (Å²) in [5.74, 6) is -2.28. The van der Waals surface area contributed by atoms with Gasteiger partial charge in [-0.2, -0.15) is 0 Å². The Hall–Kier alpha value is -1.79. The smallest absolute Gasteiger partial charge is 0.185 e. The van der Waals surface area contributed by atoms with Crippen molar-refractivity contribution in [1.29, 1.82) is 0 Å². The lowest BCUT2D eigenvalue weighted by Crippen LogP contribution is -2.10. The highest BCUT2D eigenvalue weighted by Gasteiger charge is 2.21. The molecule has 0 fully saturated rings. The van der Waals surface area contributed by atoms with Crippen LogP contribution in [0.2, 0.25) is 0 Å². The van der Waals surface area contributed by atoms with E-state index in [0.717, 1.165) is 12.1 Å². The van der Waals surface area contributed by atoms with Gasteiger partial charge in [-0.25, -0.2) is 17.2 Å². The third-order valence-corrected chi connectivity index (χ3v) is 4.61. The molecule has 3 nitrogen and oxygen atoms in total. The van der Waals surface area contributed by atoms with Crippen molar-refractivity contribution in [1.82, 2.24) is 0 Å². The molecule has 0 heterocycles. The first kappa shape index (κ1) is 14.6. The van der Waals surface area contributed by atoms with E-state index in [1.165, 1.54) is 0 Å². The summed E-state index contributed by atoms with van der Waals surface area (Å²) in [6.45, 7) is 0.192. The Bertz CT molecular complexity index is 730. The van der Waals surface area contributed by atoms with Crippen molar-refractivity contribution < 1.29 is 17.2 Å². The second kappa shape index (κ2) is 5.68. The molecule has 0 saturated carbocycles. The van der Waals surface area contributed by atoms with E-state index >= 15 is 0 Å². The normalized spacial score (nSPS) is 11.6. The van der Waals surface area contributed by atoms with Gasteiger partial charge in [0.1, 0.15) is 16.5 Å². The predicted molar refractivity (Wildman–Crippen MR) is 71.6 cm³/mol. The molecule has 20 heavy (non-hydrogen) atoms. The van der Waals surface area contributed by atoms with Gasteiger partial charge >= 0.3 is 0 Å². The molecule has 2 N–H and O–H groups in total.